The van der Waals surface area contributed by atoms with E-state index in [4.69, 9.17) is 33.2 Å². The summed E-state index contributed by atoms with van der Waals surface area (Å²) in [4.78, 5) is 26.6. The number of esters is 2. The number of methoxy groups -OCH3 is 2. The number of cyclic esters (lactones) is 1. The number of ether oxygens (including phenoxy) is 7. The van der Waals surface area contributed by atoms with Gasteiger partial charge >= 0.3 is 11.9 Å². The summed E-state index contributed by atoms with van der Waals surface area (Å²) in [7, 11) is 3.10. The molecule has 2 aliphatic heterocycles. The summed E-state index contributed by atoms with van der Waals surface area (Å²) in [5, 5.41) is 0. The summed E-state index contributed by atoms with van der Waals surface area (Å²) >= 11 is 0. The van der Waals surface area contributed by atoms with Crippen LogP contribution in [0, 0.1) is 5.92 Å². The van der Waals surface area contributed by atoms with Gasteiger partial charge in [-0.3, -0.25) is 0 Å². The van der Waals surface area contributed by atoms with Crippen LogP contribution in [-0.2, 0) is 23.7 Å². The van der Waals surface area contributed by atoms with E-state index in [0.717, 1.165) is 12.0 Å². The molecule has 220 valence electrons. The summed E-state index contributed by atoms with van der Waals surface area (Å²) in [6.07, 6.45) is 3.57. The Bertz CT molecular complexity index is 1270. The fourth-order valence-corrected chi connectivity index (χ4v) is 5.66. The van der Waals surface area contributed by atoms with Crippen LogP contribution in [0.5, 0.6) is 11.5 Å². The lowest BCUT2D eigenvalue weighted by atomic mass is 9.96. The minimum absolute atomic E-state index is 0.0214. The molecule has 2 heterocycles. The average Bonchev–Trinajstić information content (AvgIpc) is 3.64. The highest BCUT2D eigenvalue weighted by Crippen LogP contribution is 2.54. The molecule has 5 rings (SSSR count). The van der Waals surface area contributed by atoms with E-state index in [2.05, 4.69) is 0 Å². The highest BCUT2D eigenvalue weighted by molar-refractivity contribution is 5.95. The molecule has 3 unspecified atom stereocenters. The van der Waals surface area contributed by atoms with E-state index in [1.54, 1.807) is 37.4 Å². The maximum absolute atomic E-state index is 13.5. The van der Waals surface area contributed by atoms with Crippen LogP contribution in [0.1, 0.15) is 72.2 Å². The van der Waals surface area contributed by atoms with Crippen molar-refractivity contribution in [3.63, 3.8) is 0 Å². The van der Waals surface area contributed by atoms with Crippen molar-refractivity contribution < 1.29 is 42.7 Å². The minimum Gasteiger partial charge on any atom is -0.497 e. The number of carbonyl (C=O) groups excluding carboxylic acids is 2. The minimum atomic E-state index is -0.854. The third kappa shape index (κ3) is 6.74. The summed E-state index contributed by atoms with van der Waals surface area (Å²) in [6.45, 7) is 5.53. The molecule has 2 fully saturated rings. The molecule has 1 saturated carbocycles. The van der Waals surface area contributed by atoms with E-state index >= 15 is 0 Å². The number of rotatable bonds is 6. The molecule has 1 aliphatic carbocycles. The summed E-state index contributed by atoms with van der Waals surface area (Å²) in [5.41, 5.74) is 1.65. The third-order valence-corrected chi connectivity index (χ3v) is 7.64. The van der Waals surface area contributed by atoms with Crippen LogP contribution < -0.4 is 9.47 Å². The number of fused-ring (bicyclic) bond motifs is 4. The van der Waals surface area contributed by atoms with Gasteiger partial charge in [-0.25, -0.2) is 9.59 Å². The maximum atomic E-state index is 13.5. The van der Waals surface area contributed by atoms with Gasteiger partial charge in [-0.15, -0.1) is 0 Å². The van der Waals surface area contributed by atoms with E-state index in [9.17, 15) is 9.59 Å². The Morgan fingerprint density at radius 3 is 2.59 bits per heavy atom. The summed E-state index contributed by atoms with van der Waals surface area (Å²) in [5.74, 6) is -0.566. The predicted octanol–water partition coefficient (Wildman–Crippen LogP) is 5.42. The molecule has 0 amide bonds. The third-order valence-electron chi connectivity index (χ3n) is 7.64. The normalized spacial score (nSPS) is 28.8. The Morgan fingerprint density at radius 1 is 1.07 bits per heavy atom. The molecule has 9 heteroatoms. The van der Waals surface area contributed by atoms with Gasteiger partial charge in [0.05, 0.1) is 18.8 Å². The molecule has 2 aromatic rings. The zero-order chi connectivity index (χ0) is 29.1. The molecule has 0 bridgehead atoms. The Morgan fingerprint density at radius 2 is 1.85 bits per heavy atom. The van der Waals surface area contributed by atoms with Gasteiger partial charge in [-0.05, 0) is 75.3 Å². The number of hydrogen-bond acceptors (Lipinski definition) is 9. The Balaban J connectivity index is 1.49. The maximum Gasteiger partial charge on any atom is 0.342 e. The first-order chi connectivity index (χ1) is 19.7. The van der Waals surface area contributed by atoms with Gasteiger partial charge < -0.3 is 33.2 Å². The second-order valence-electron chi connectivity index (χ2n) is 11.2. The van der Waals surface area contributed by atoms with Crippen LogP contribution in [0.2, 0.25) is 0 Å². The monoisotopic (exact) mass is 566 g/mol. The van der Waals surface area contributed by atoms with Crippen molar-refractivity contribution in [3.05, 3.63) is 71.3 Å². The van der Waals surface area contributed by atoms with Crippen molar-refractivity contribution >= 4 is 11.9 Å². The molecular weight excluding hydrogens is 528 g/mol. The average molecular weight is 567 g/mol. The smallest absolute Gasteiger partial charge is 0.342 e. The van der Waals surface area contributed by atoms with E-state index in [0.29, 0.717) is 35.5 Å². The first kappa shape index (κ1) is 29.1. The quantitative estimate of drug-likeness (QED) is 0.258. The SMILES string of the molecule is COCOc1cc(OC)cc2c1C(=O)O[C@@H](C)CC=CC(OC(=O)c1ccccc1)[C@H]1OC(C)(C)O[C@H]1CC1CC21. The number of carbonyl (C=O) groups is 2. The molecule has 0 radical (unpaired) electrons. The first-order valence-electron chi connectivity index (χ1n) is 14.0. The zero-order valence-electron chi connectivity index (χ0n) is 24.2. The van der Waals surface area contributed by atoms with E-state index < -0.39 is 36.0 Å². The fourth-order valence-electron chi connectivity index (χ4n) is 5.66. The summed E-state index contributed by atoms with van der Waals surface area (Å²) in [6, 6.07) is 12.4. The molecule has 9 nitrogen and oxygen atoms in total. The van der Waals surface area contributed by atoms with E-state index in [-0.39, 0.29) is 24.7 Å². The lowest BCUT2D eigenvalue weighted by molar-refractivity contribution is -0.153. The molecule has 2 aromatic carbocycles. The standard InChI is InChI=1S/C32H38O9/c1-19-10-9-13-25(39-30(33)20-11-7-6-8-12-20)29-27(40-32(2,3)41-29)15-21-14-23(21)24-16-22(36-5)17-26(37-18-35-4)28(24)31(34)38-19/h6-9,11-13,16-17,19,21,23,25,27,29H,10,14-15,18H2,1-5H3/t19-,21?,23?,25?,27-,29+/m0/s1. The molecule has 41 heavy (non-hydrogen) atoms. The summed E-state index contributed by atoms with van der Waals surface area (Å²) < 4.78 is 41.1. The van der Waals surface area contributed by atoms with Crippen molar-refractivity contribution in [2.24, 2.45) is 5.92 Å². The van der Waals surface area contributed by atoms with Gasteiger partial charge in [0.25, 0.3) is 0 Å². The topological polar surface area (TPSA) is 98.8 Å². The lowest BCUT2D eigenvalue weighted by Crippen LogP contribution is -2.38. The predicted molar refractivity (Wildman–Crippen MR) is 149 cm³/mol. The fraction of sp³-hybridized carbons (Fsp3) is 0.500. The van der Waals surface area contributed by atoms with Crippen molar-refractivity contribution in [2.75, 3.05) is 21.0 Å². The largest absolute Gasteiger partial charge is 0.497 e. The van der Waals surface area contributed by atoms with Crippen LogP contribution in [-0.4, -0.2) is 63.2 Å². The molecular formula is C32H38O9. The van der Waals surface area contributed by atoms with Gasteiger partial charge in [0, 0.05) is 19.6 Å². The second kappa shape index (κ2) is 12.2. The highest BCUT2D eigenvalue weighted by Gasteiger charge is 2.51. The van der Waals surface area contributed by atoms with Gasteiger partial charge in [0.2, 0.25) is 0 Å². The van der Waals surface area contributed by atoms with E-state index in [1.807, 2.05) is 45.1 Å². The van der Waals surface area contributed by atoms with Crippen molar-refractivity contribution in [3.8, 4) is 11.5 Å². The molecule has 0 N–H and O–H groups in total. The van der Waals surface area contributed by atoms with Gasteiger partial charge in [-0.2, -0.15) is 0 Å². The van der Waals surface area contributed by atoms with Crippen LogP contribution in [0.4, 0.5) is 0 Å². The Hall–Kier alpha value is -3.40. The van der Waals surface area contributed by atoms with E-state index in [1.165, 1.54) is 7.11 Å². The molecule has 6 atom stereocenters. The molecule has 0 spiro atoms. The number of benzene rings is 2. The first-order valence-corrected chi connectivity index (χ1v) is 14.0. The van der Waals surface area contributed by atoms with Crippen molar-refractivity contribution in [1.29, 1.82) is 0 Å². The molecule has 0 aromatic heterocycles. The second-order valence-corrected chi connectivity index (χ2v) is 11.2. The van der Waals surface area contributed by atoms with Crippen LogP contribution in [0.15, 0.2) is 54.6 Å². The Kier molecular flexibility index (Phi) is 8.68. The molecule has 3 aliphatic rings. The van der Waals surface area contributed by atoms with Crippen molar-refractivity contribution in [2.45, 2.75) is 76.2 Å². The molecule has 1 saturated heterocycles. The van der Waals surface area contributed by atoms with Gasteiger partial charge in [0.15, 0.2) is 12.6 Å². The highest BCUT2D eigenvalue weighted by atomic mass is 16.8. The van der Waals surface area contributed by atoms with Crippen LogP contribution in [0.3, 0.4) is 0 Å². The van der Waals surface area contributed by atoms with Gasteiger partial charge in [0.1, 0.15) is 35.4 Å². The zero-order valence-corrected chi connectivity index (χ0v) is 24.2. The Labute approximate surface area is 240 Å². The lowest BCUT2D eigenvalue weighted by Gasteiger charge is -2.25. The number of hydrogen-bond donors (Lipinski definition) is 0. The van der Waals surface area contributed by atoms with Crippen LogP contribution >= 0.6 is 0 Å². The van der Waals surface area contributed by atoms with Crippen molar-refractivity contribution in [1.82, 2.24) is 0 Å². The van der Waals surface area contributed by atoms with Crippen LogP contribution in [0.25, 0.3) is 0 Å². The van der Waals surface area contributed by atoms with Gasteiger partial charge in [-0.1, -0.05) is 24.3 Å².